The van der Waals surface area contributed by atoms with Gasteiger partial charge in [0, 0.05) is 17.5 Å². The van der Waals surface area contributed by atoms with Gasteiger partial charge in [0.1, 0.15) is 5.76 Å². The van der Waals surface area contributed by atoms with Gasteiger partial charge in [-0.15, -0.1) is 11.3 Å². The fourth-order valence-corrected chi connectivity index (χ4v) is 5.73. The summed E-state index contributed by atoms with van der Waals surface area (Å²) in [5.74, 6) is 0.890. The molecule has 9 heteroatoms. The predicted octanol–water partition coefficient (Wildman–Crippen LogP) is 3.93. The zero-order valence-electron chi connectivity index (χ0n) is 16.8. The molecule has 1 atom stereocenters. The zero-order valence-corrected chi connectivity index (χ0v) is 18.4. The van der Waals surface area contributed by atoms with Gasteiger partial charge in [0.15, 0.2) is 5.13 Å². The van der Waals surface area contributed by atoms with Crippen LogP contribution < -0.4 is 5.32 Å². The molecule has 0 spiro atoms. The molecule has 1 unspecified atom stereocenters. The predicted molar refractivity (Wildman–Crippen MR) is 115 cm³/mol. The lowest BCUT2D eigenvalue weighted by atomic mass is 9.93. The summed E-state index contributed by atoms with van der Waals surface area (Å²) in [6.07, 6.45) is 4.57. The molecule has 2 aromatic heterocycles. The number of hydrogen-bond donors (Lipinski definition) is 1. The molecule has 30 heavy (non-hydrogen) atoms. The van der Waals surface area contributed by atoms with Gasteiger partial charge in [0.05, 0.1) is 23.4 Å². The lowest BCUT2D eigenvalue weighted by Gasteiger charge is -2.16. The van der Waals surface area contributed by atoms with E-state index in [1.165, 1.54) is 58.1 Å². The minimum atomic E-state index is -3.69. The van der Waals surface area contributed by atoms with Crippen LogP contribution in [0.5, 0.6) is 0 Å². The highest BCUT2D eigenvalue weighted by atomic mass is 32.2. The monoisotopic (exact) mass is 445 g/mol. The van der Waals surface area contributed by atoms with Gasteiger partial charge in [0.25, 0.3) is 5.91 Å². The van der Waals surface area contributed by atoms with Crippen LogP contribution in [0.25, 0.3) is 0 Å². The van der Waals surface area contributed by atoms with Crippen LogP contribution in [0, 0.1) is 5.92 Å². The molecule has 7 nitrogen and oxygen atoms in total. The van der Waals surface area contributed by atoms with Crippen LogP contribution in [0.15, 0.2) is 52.0 Å². The van der Waals surface area contributed by atoms with Crippen molar-refractivity contribution in [2.24, 2.45) is 5.92 Å². The molecule has 0 radical (unpaired) electrons. The molecule has 3 aromatic rings. The number of furan rings is 1. The van der Waals surface area contributed by atoms with E-state index < -0.39 is 10.0 Å². The molecule has 4 rings (SSSR count). The summed E-state index contributed by atoms with van der Waals surface area (Å²) in [7, 11) is -2.20. The molecule has 158 valence electrons. The molecular weight excluding hydrogens is 422 g/mol. The standard InChI is InChI=1S/C21H23N3O4S2/c1-14-5-10-18-19(12-14)29-21(22-18)23-20(25)15-6-8-17(9-7-15)30(26,27)24(2)13-16-4-3-11-28-16/h3-4,6-9,11,14H,5,10,12-13H2,1-2H3,(H,22,23,25). The fourth-order valence-electron chi connectivity index (χ4n) is 3.43. The van der Waals surface area contributed by atoms with Gasteiger partial charge < -0.3 is 4.42 Å². The van der Waals surface area contributed by atoms with Crippen LogP contribution in [0.1, 0.15) is 40.0 Å². The van der Waals surface area contributed by atoms with E-state index in [4.69, 9.17) is 4.42 Å². The third-order valence-electron chi connectivity index (χ3n) is 5.19. The first-order chi connectivity index (χ1) is 14.3. The first-order valence-electron chi connectivity index (χ1n) is 9.71. The van der Waals surface area contributed by atoms with Gasteiger partial charge in [-0.05, 0) is 61.6 Å². The molecule has 1 aliphatic rings. The Kier molecular flexibility index (Phi) is 5.77. The number of thiazole rings is 1. The summed E-state index contributed by atoms with van der Waals surface area (Å²) in [6.45, 7) is 2.35. The summed E-state index contributed by atoms with van der Waals surface area (Å²) in [5.41, 5.74) is 1.46. The number of nitrogens with zero attached hydrogens (tertiary/aromatic N) is 2. The minimum absolute atomic E-state index is 0.117. The van der Waals surface area contributed by atoms with E-state index in [0.29, 0.717) is 22.4 Å². The van der Waals surface area contributed by atoms with E-state index in [1.807, 2.05) is 0 Å². The van der Waals surface area contributed by atoms with Gasteiger partial charge in [-0.25, -0.2) is 13.4 Å². The number of fused-ring (bicyclic) bond motifs is 1. The number of amides is 1. The van der Waals surface area contributed by atoms with E-state index >= 15 is 0 Å². The quantitative estimate of drug-likeness (QED) is 0.621. The molecule has 0 aliphatic heterocycles. The average molecular weight is 446 g/mol. The largest absolute Gasteiger partial charge is 0.468 e. The molecule has 1 aliphatic carbocycles. The molecule has 0 fully saturated rings. The molecule has 0 bridgehead atoms. The highest BCUT2D eigenvalue weighted by Crippen LogP contribution is 2.32. The maximum absolute atomic E-state index is 12.7. The van der Waals surface area contributed by atoms with Crippen LogP contribution in [0.2, 0.25) is 0 Å². The molecule has 2 heterocycles. The van der Waals surface area contributed by atoms with E-state index in [0.717, 1.165) is 25.0 Å². The number of anilines is 1. The number of carbonyl (C=O) groups is 1. The summed E-state index contributed by atoms with van der Waals surface area (Å²) >= 11 is 1.52. The Morgan fingerprint density at radius 1 is 1.30 bits per heavy atom. The normalized spacial score (nSPS) is 16.4. The lowest BCUT2D eigenvalue weighted by Crippen LogP contribution is -2.26. The Balaban J connectivity index is 1.44. The maximum Gasteiger partial charge on any atom is 0.257 e. The number of benzene rings is 1. The summed E-state index contributed by atoms with van der Waals surface area (Å²) < 4.78 is 31.9. The number of rotatable bonds is 6. The van der Waals surface area contributed by atoms with Crippen LogP contribution in [-0.4, -0.2) is 30.7 Å². The van der Waals surface area contributed by atoms with E-state index in [1.54, 1.807) is 12.1 Å². The van der Waals surface area contributed by atoms with Gasteiger partial charge in [-0.2, -0.15) is 4.31 Å². The van der Waals surface area contributed by atoms with E-state index in [-0.39, 0.29) is 17.3 Å². The second kappa shape index (κ2) is 8.33. The van der Waals surface area contributed by atoms with Gasteiger partial charge in [-0.3, -0.25) is 10.1 Å². The number of carbonyl (C=O) groups excluding carboxylic acids is 1. The molecule has 1 amide bonds. The second-order valence-electron chi connectivity index (χ2n) is 7.56. The fraction of sp³-hybridized carbons (Fsp3) is 0.333. The van der Waals surface area contributed by atoms with Crippen molar-refractivity contribution in [3.05, 3.63) is 64.6 Å². The third kappa shape index (κ3) is 4.33. The first kappa shape index (κ1) is 20.8. The van der Waals surface area contributed by atoms with Crippen molar-refractivity contribution in [3.8, 4) is 0 Å². The van der Waals surface area contributed by atoms with E-state index in [9.17, 15) is 13.2 Å². The number of aryl methyl sites for hydroxylation is 1. The van der Waals surface area contributed by atoms with Crippen molar-refractivity contribution in [1.29, 1.82) is 0 Å². The van der Waals surface area contributed by atoms with Gasteiger partial charge >= 0.3 is 0 Å². The van der Waals surface area contributed by atoms with Crippen molar-refractivity contribution in [2.45, 2.75) is 37.6 Å². The third-order valence-corrected chi connectivity index (χ3v) is 8.04. The van der Waals surface area contributed by atoms with Gasteiger partial charge in [0.2, 0.25) is 10.0 Å². The van der Waals surface area contributed by atoms with Crippen molar-refractivity contribution in [1.82, 2.24) is 9.29 Å². The maximum atomic E-state index is 12.7. The summed E-state index contributed by atoms with van der Waals surface area (Å²) in [6, 6.07) is 9.34. The van der Waals surface area contributed by atoms with Gasteiger partial charge in [-0.1, -0.05) is 6.92 Å². The Hall–Kier alpha value is -2.49. The van der Waals surface area contributed by atoms with Crippen molar-refractivity contribution >= 4 is 32.4 Å². The Morgan fingerprint density at radius 2 is 2.07 bits per heavy atom. The minimum Gasteiger partial charge on any atom is -0.468 e. The highest BCUT2D eigenvalue weighted by molar-refractivity contribution is 7.89. The van der Waals surface area contributed by atoms with Crippen molar-refractivity contribution in [2.75, 3.05) is 12.4 Å². The molecule has 1 aromatic carbocycles. The van der Waals surface area contributed by atoms with E-state index in [2.05, 4.69) is 17.2 Å². The van der Waals surface area contributed by atoms with Crippen LogP contribution in [0.4, 0.5) is 5.13 Å². The smallest absolute Gasteiger partial charge is 0.257 e. The van der Waals surface area contributed by atoms with Crippen LogP contribution in [-0.2, 0) is 29.4 Å². The first-order valence-corrected chi connectivity index (χ1v) is 12.0. The highest BCUT2D eigenvalue weighted by Gasteiger charge is 2.23. The Morgan fingerprint density at radius 3 is 2.77 bits per heavy atom. The zero-order chi connectivity index (χ0) is 21.3. The second-order valence-corrected chi connectivity index (χ2v) is 10.7. The number of hydrogen-bond acceptors (Lipinski definition) is 6. The van der Waals surface area contributed by atoms with Crippen molar-refractivity contribution < 1.29 is 17.6 Å². The lowest BCUT2D eigenvalue weighted by molar-refractivity contribution is 0.102. The van der Waals surface area contributed by atoms with Crippen LogP contribution in [0.3, 0.4) is 0 Å². The van der Waals surface area contributed by atoms with Crippen LogP contribution >= 0.6 is 11.3 Å². The molecule has 1 N–H and O–H groups in total. The Bertz CT molecular complexity index is 1140. The molecule has 0 saturated carbocycles. The summed E-state index contributed by atoms with van der Waals surface area (Å²) in [4.78, 5) is 18.5. The summed E-state index contributed by atoms with van der Waals surface area (Å²) in [5, 5.41) is 3.43. The molecular formula is C21H23N3O4S2. The average Bonchev–Trinajstić information content (AvgIpc) is 3.37. The molecule has 0 saturated heterocycles. The number of sulfonamides is 1. The van der Waals surface area contributed by atoms with Crippen molar-refractivity contribution in [3.63, 3.8) is 0 Å². The number of nitrogens with one attached hydrogen (secondary N) is 1. The SMILES string of the molecule is CC1CCc2nc(NC(=O)c3ccc(S(=O)(=O)N(C)Cc4ccco4)cc3)sc2C1. The number of aromatic nitrogens is 1. The topological polar surface area (TPSA) is 92.5 Å². The Labute approximate surface area is 179 Å².